The number of unbranched alkanes of at least 4 members (excludes halogenated alkanes) is 1. The second kappa shape index (κ2) is 7.51. The van der Waals surface area contributed by atoms with E-state index in [1.165, 1.54) is 0 Å². The third-order valence-corrected chi connectivity index (χ3v) is 4.41. The number of aromatic nitrogens is 1. The first kappa shape index (κ1) is 16.6. The minimum atomic E-state index is -0.223. The standard InChI is InChI=1S/C19H24N2O3/c1-3-4-11-23-17-8-6-5-7-14(17)18(22)20-19-15-12-13(2)9-10-16(15)21-24-19/h5-8,13H,3-4,9-12H2,1-2H3,(H,20,22). The lowest BCUT2D eigenvalue weighted by Crippen LogP contribution is -2.16. The van der Waals surface area contributed by atoms with Crippen molar-refractivity contribution < 1.29 is 14.1 Å². The number of hydrogen-bond donors (Lipinski definition) is 1. The number of hydrogen-bond acceptors (Lipinski definition) is 4. The molecule has 1 aliphatic rings. The Balaban J connectivity index is 1.75. The molecule has 1 atom stereocenters. The number of aryl methyl sites for hydroxylation is 1. The normalized spacial score (nSPS) is 16.5. The van der Waals surface area contributed by atoms with Crippen LogP contribution in [0.2, 0.25) is 0 Å². The Morgan fingerprint density at radius 2 is 2.25 bits per heavy atom. The lowest BCUT2D eigenvalue weighted by Gasteiger charge is -2.17. The number of ether oxygens (including phenoxy) is 1. The zero-order valence-electron chi connectivity index (χ0n) is 14.3. The van der Waals surface area contributed by atoms with Gasteiger partial charge in [-0.05, 0) is 43.7 Å². The largest absolute Gasteiger partial charge is 0.493 e. The molecule has 0 aliphatic heterocycles. The van der Waals surface area contributed by atoms with Gasteiger partial charge in [0, 0.05) is 5.56 Å². The van der Waals surface area contributed by atoms with Crippen molar-refractivity contribution in [1.82, 2.24) is 5.16 Å². The molecule has 1 aromatic heterocycles. The average Bonchev–Trinajstić information content (AvgIpc) is 2.97. The van der Waals surface area contributed by atoms with Gasteiger partial charge in [0.05, 0.1) is 17.9 Å². The summed E-state index contributed by atoms with van der Waals surface area (Å²) in [6.07, 6.45) is 4.93. The Hall–Kier alpha value is -2.30. The van der Waals surface area contributed by atoms with E-state index in [9.17, 15) is 4.79 Å². The second-order valence-electron chi connectivity index (χ2n) is 6.44. The molecule has 1 unspecified atom stereocenters. The number of carbonyl (C=O) groups is 1. The van der Waals surface area contributed by atoms with E-state index in [0.29, 0.717) is 29.7 Å². The number of fused-ring (bicyclic) bond motifs is 1. The van der Waals surface area contributed by atoms with Gasteiger partial charge in [0.15, 0.2) is 0 Å². The van der Waals surface area contributed by atoms with Crippen molar-refractivity contribution in [3.63, 3.8) is 0 Å². The maximum atomic E-state index is 12.7. The van der Waals surface area contributed by atoms with Gasteiger partial charge in [-0.3, -0.25) is 10.1 Å². The summed E-state index contributed by atoms with van der Waals surface area (Å²) in [5.41, 5.74) is 2.52. The molecule has 24 heavy (non-hydrogen) atoms. The number of carbonyl (C=O) groups excluding carboxylic acids is 1. The van der Waals surface area contributed by atoms with Gasteiger partial charge in [-0.2, -0.15) is 0 Å². The van der Waals surface area contributed by atoms with Crippen molar-refractivity contribution in [2.45, 2.75) is 46.0 Å². The molecule has 0 radical (unpaired) electrons. The first-order valence-electron chi connectivity index (χ1n) is 8.69. The summed E-state index contributed by atoms with van der Waals surface area (Å²) in [5, 5.41) is 6.97. The van der Waals surface area contributed by atoms with Gasteiger partial charge in [0.2, 0.25) is 5.88 Å². The minimum absolute atomic E-state index is 0.223. The zero-order chi connectivity index (χ0) is 16.9. The highest BCUT2D eigenvalue weighted by atomic mass is 16.5. The number of rotatable bonds is 6. The molecule has 0 saturated carbocycles. The van der Waals surface area contributed by atoms with Crippen molar-refractivity contribution in [2.75, 3.05) is 11.9 Å². The molecule has 0 fully saturated rings. The molecule has 0 bridgehead atoms. The third-order valence-electron chi connectivity index (χ3n) is 4.41. The van der Waals surface area contributed by atoms with Gasteiger partial charge in [0.25, 0.3) is 5.91 Å². The lowest BCUT2D eigenvalue weighted by molar-refractivity contribution is 0.101. The third kappa shape index (κ3) is 3.61. The van der Waals surface area contributed by atoms with E-state index in [2.05, 4.69) is 24.3 Å². The summed E-state index contributed by atoms with van der Waals surface area (Å²) in [6, 6.07) is 7.29. The Labute approximate surface area is 142 Å². The average molecular weight is 328 g/mol. The quantitative estimate of drug-likeness (QED) is 0.806. The molecule has 0 spiro atoms. The van der Waals surface area contributed by atoms with Crippen LogP contribution in [0.4, 0.5) is 5.88 Å². The monoisotopic (exact) mass is 328 g/mol. The number of nitrogens with zero attached hydrogens (tertiary/aromatic N) is 1. The molecule has 0 saturated heterocycles. The highest BCUT2D eigenvalue weighted by Crippen LogP contribution is 2.31. The SMILES string of the molecule is CCCCOc1ccccc1C(=O)Nc1onc2c1CC(C)CC2. The molecule has 1 amide bonds. The first-order chi connectivity index (χ1) is 11.7. The predicted octanol–water partition coefficient (Wildman–Crippen LogP) is 4.23. The van der Waals surface area contributed by atoms with Crippen LogP contribution in [-0.2, 0) is 12.8 Å². The first-order valence-corrected chi connectivity index (χ1v) is 8.69. The second-order valence-corrected chi connectivity index (χ2v) is 6.44. The van der Waals surface area contributed by atoms with Crippen molar-refractivity contribution >= 4 is 11.8 Å². The molecule has 1 aromatic carbocycles. The maximum Gasteiger partial charge on any atom is 0.261 e. The van der Waals surface area contributed by atoms with E-state index in [-0.39, 0.29) is 5.91 Å². The Bertz CT molecular complexity index is 708. The van der Waals surface area contributed by atoms with Crippen LogP contribution in [0.5, 0.6) is 5.75 Å². The van der Waals surface area contributed by atoms with Gasteiger partial charge < -0.3 is 9.26 Å². The van der Waals surface area contributed by atoms with Crippen LogP contribution >= 0.6 is 0 Å². The molecule has 5 nitrogen and oxygen atoms in total. The molecule has 5 heteroatoms. The van der Waals surface area contributed by atoms with Gasteiger partial charge in [-0.15, -0.1) is 0 Å². The van der Waals surface area contributed by atoms with Gasteiger partial charge in [-0.25, -0.2) is 0 Å². The topological polar surface area (TPSA) is 64.4 Å². The van der Waals surface area contributed by atoms with E-state index < -0.39 is 0 Å². The molecule has 3 rings (SSSR count). The molecular formula is C19H24N2O3. The summed E-state index contributed by atoms with van der Waals surface area (Å²) in [4.78, 5) is 12.7. The van der Waals surface area contributed by atoms with Gasteiger partial charge in [-0.1, -0.05) is 37.6 Å². The van der Waals surface area contributed by atoms with Crippen molar-refractivity contribution in [3.05, 3.63) is 41.1 Å². The van der Waals surface area contributed by atoms with E-state index in [0.717, 1.165) is 43.4 Å². The van der Waals surface area contributed by atoms with E-state index in [1.807, 2.05) is 18.2 Å². The molecule has 1 N–H and O–H groups in total. The molecule has 1 heterocycles. The van der Waals surface area contributed by atoms with Crippen molar-refractivity contribution in [2.24, 2.45) is 5.92 Å². The van der Waals surface area contributed by atoms with Crippen LogP contribution in [0.3, 0.4) is 0 Å². The smallest absolute Gasteiger partial charge is 0.261 e. The highest BCUT2D eigenvalue weighted by Gasteiger charge is 2.25. The number of amides is 1. The minimum Gasteiger partial charge on any atom is -0.493 e. The summed E-state index contributed by atoms with van der Waals surface area (Å²) >= 11 is 0. The van der Waals surface area contributed by atoms with E-state index >= 15 is 0 Å². The maximum absolute atomic E-state index is 12.7. The van der Waals surface area contributed by atoms with Crippen LogP contribution in [0.25, 0.3) is 0 Å². The van der Waals surface area contributed by atoms with Crippen LogP contribution in [0.1, 0.15) is 54.7 Å². The van der Waals surface area contributed by atoms with Crippen LogP contribution in [-0.4, -0.2) is 17.7 Å². The van der Waals surface area contributed by atoms with Gasteiger partial charge in [0.1, 0.15) is 5.75 Å². The fourth-order valence-electron chi connectivity index (χ4n) is 2.96. The summed E-state index contributed by atoms with van der Waals surface area (Å²) in [6.45, 7) is 4.92. The van der Waals surface area contributed by atoms with Crippen LogP contribution in [0.15, 0.2) is 28.8 Å². The predicted molar refractivity (Wildman–Crippen MR) is 92.5 cm³/mol. The molecule has 1 aliphatic carbocycles. The number of nitrogens with one attached hydrogen (secondary N) is 1. The number of benzene rings is 1. The van der Waals surface area contributed by atoms with E-state index in [4.69, 9.17) is 9.26 Å². The lowest BCUT2D eigenvalue weighted by atomic mass is 9.89. The summed E-state index contributed by atoms with van der Waals surface area (Å²) in [5.74, 6) is 1.44. The molecular weight excluding hydrogens is 304 g/mol. The summed E-state index contributed by atoms with van der Waals surface area (Å²) in [7, 11) is 0. The Kier molecular flexibility index (Phi) is 5.18. The Morgan fingerprint density at radius 3 is 3.08 bits per heavy atom. The summed E-state index contributed by atoms with van der Waals surface area (Å²) < 4.78 is 11.1. The zero-order valence-corrected chi connectivity index (χ0v) is 14.3. The Morgan fingerprint density at radius 1 is 1.42 bits per heavy atom. The fourth-order valence-corrected chi connectivity index (χ4v) is 2.96. The number of anilines is 1. The van der Waals surface area contributed by atoms with Crippen molar-refractivity contribution in [3.8, 4) is 5.75 Å². The van der Waals surface area contributed by atoms with E-state index in [1.54, 1.807) is 6.07 Å². The molecule has 2 aromatic rings. The molecule has 128 valence electrons. The van der Waals surface area contributed by atoms with Crippen LogP contribution < -0.4 is 10.1 Å². The fraction of sp³-hybridized carbons (Fsp3) is 0.474. The highest BCUT2D eigenvalue weighted by molar-refractivity contribution is 6.05. The van der Waals surface area contributed by atoms with Crippen molar-refractivity contribution in [1.29, 1.82) is 0 Å². The van der Waals surface area contributed by atoms with Crippen LogP contribution in [0, 0.1) is 5.92 Å². The number of para-hydroxylation sites is 1. The van der Waals surface area contributed by atoms with Gasteiger partial charge >= 0.3 is 0 Å².